The topological polar surface area (TPSA) is 9.23 Å². The molecule has 0 spiro atoms. The van der Waals surface area contributed by atoms with Crippen LogP contribution in [0.3, 0.4) is 0 Å². The molecule has 1 aromatic carbocycles. The fraction of sp³-hybridized carbons (Fsp3) is 0.524. The van der Waals surface area contributed by atoms with Crippen molar-refractivity contribution in [2.75, 3.05) is 6.61 Å². The van der Waals surface area contributed by atoms with Gasteiger partial charge in [-0.3, -0.25) is 0 Å². The Labute approximate surface area is 136 Å². The van der Waals surface area contributed by atoms with E-state index < -0.39 is 0 Å². The molecule has 0 saturated heterocycles. The van der Waals surface area contributed by atoms with Gasteiger partial charge in [-0.25, -0.2) is 0 Å². The van der Waals surface area contributed by atoms with Crippen molar-refractivity contribution in [3.05, 3.63) is 53.1 Å². The largest absolute Gasteiger partial charge is 0.490 e. The lowest BCUT2D eigenvalue weighted by molar-refractivity contribution is 0.361. The zero-order valence-corrected chi connectivity index (χ0v) is 14.4. The molecule has 22 heavy (non-hydrogen) atoms. The van der Waals surface area contributed by atoms with Crippen LogP contribution in [0.25, 0.3) is 0 Å². The van der Waals surface area contributed by atoms with Gasteiger partial charge in [0, 0.05) is 0 Å². The predicted molar refractivity (Wildman–Crippen MR) is 95.6 cm³/mol. The molecular formula is C21H30O. The third kappa shape index (κ3) is 5.71. The first-order chi connectivity index (χ1) is 10.6. The molecule has 0 atom stereocenters. The standard InChI is InChI=1S/C21H30O/c1-17(2)7-6-8-18(3)15-16-22-21-13-11-20(12-14-21)19-9-4-5-10-19/h7,11-15,19H,4-6,8-10,16H2,1-3H3/b18-15+. The maximum absolute atomic E-state index is 5.83. The molecule has 1 heteroatoms. The lowest BCUT2D eigenvalue weighted by Crippen LogP contribution is -1.96. The maximum Gasteiger partial charge on any atom is 0.119 e. The van der Waals surface area contributed by atoms with Crippen molar-refractivity contribution in [3.8, 4) is 5.75 Å². The molecule has 1 aliphatic rings. The summed E-state index contributed by atoms with van der Waals surface area (Å²) in [5, 5.41) is 0. The van der Waals surface area contributed by atoms with E-state index in [4.69, 9.17) is 4.74 Å². The molecule has 0 heterocycles. The van der Waals surface area contributed by atoms with Gasteiger partial charge in [0.05, 0.1) is 0 Å². The van der Waals surface area contributed by atoms with Gasteiger partial charge in [0.15, 0.2) is 0 Å². The van der Waals surface area contributed by atoms with Gasteiger partial charge in [0.25, 0.3) is 0 Å². The minimum absolute atomic E-state index is 0.670. The van der Waals surface area contributed by atoms with Crippen molar-refractivity contribution < 1.29 is 4.74 Å². The zero-order chi connectivity index (χ0) is 15.8. The zero-order valence-electron chi connectivity index (χ0n) is 14.4. The molecule has 0 amide bonds. The molecule has 0 aromatic heterocycles. The van der Waals surface area contributed by atoms with E-state index in [1.807, 2.05) is 0 Å². The number of hydrogen-bond donors (Lipinski definition) is 0. The van der Waals surface area contributed by atoms with Crippen LogP contribution in [0.4, 0.5) is 0 Å². The normalized spacial score (nSPS) is 15.9. The summed E-state index contributed by atoms with van der Waals surface area (Å²) < 4.78 is 5.83. The third-order valence-electron chi connectivity index (χ3n) is 4.48. The average Bonchev–Trinajstić information content (AvgIpc) is 3.02. The van der Waals surface area contributed by atoms with Crippen LogP contribution >= 0.6 is 0 Å². The second-order valence-electron chi connectivity index (χ2n) is 6.73. The van der Waals surface area contributed by atoms with E-state index in [-0.39, 0.29) is 0 Å². The van der Waals surface area contributed by atoms with Crippen molar-refractivity contribution >= 4 is 0 Å². The summed E-state index contributed by atoms with van der Waals surface area (Å²) >= 11 is 0. The van der Waals surface area contributed by atoms with Crippen molar-refractivity contribution in [1.82, 2.24) is 0 Å². The summed E-state index contributed by atoms with van der Waals surface area (Å²) in [6, 6.07) is 8.74. The highest BCUT2D eigenvalue weighted by Crippen LogP contribution is 2.34. The molecule has 120 valence electrons. The fourth-order valence-corrected chi connectivity index (χ4v) is 3.07. The van der Waals surface area contributed by atoms with E-state index in [9.17, 15) is 0 Å². The maximum atomic E-state index is 5.83. The number of benzene rings is 1. The molecular weight excluding hydrogens is 268 g/mol. The van der Waals surface area contributed by atoms with Crippen LogP contribution in [0.5, 0.6) is 5.75 Å². The van der Waals surface area contributed by atoms with Crippen LogP contribution in [0.2, 0.25) is 0 Å². The Morgan fingerprint density at radius 1 is 1.05 bits per heavy atom. The van der Waals surface area contributed by atoms with Crippen LogP contribution in [0.1, 0.15) is 70.8 Å². The predicted octanol–water partition coefficient (Wildman–Crippen LogP) is 6.42. The number of hydrogen-bond acceptors (Lipinski definition) is 1. The minimum atomic E-state index is 0.670. The first-order valence-electron chi connectivity index (χ1n) is 8.67. The van der Waals surface area contributed by atoms with Gasteiger partial charge < -0.3 is 4.74 Å². The Balaban J connectivity index is 1.75. The monoisotopic (exact) mass is 298 g/mol. The highest BCUT2D eigenvalue weighted by atomic mass is 16.5. The summed E-state index contributed by atoms with van der Waals surface area (Å²) in [4.78, 5) is 0. The summed E-state index contributed by atoms with van der Waals surface area (Å²) in [7, 11) is 0. The van der Waals surface area contributed by atoms with Crippen LogP contribution in [0.15, 0.2) is 47.6 Å². The van der Waals surface area contributed by atoms with E-state index in [0.29, 0.717) is 6.61 Å². The van der Waals surface area contributed by atoms with Gasteiger partial charge >= 0.3 is 0 Å². The Morgan fingerprint density at radius 2 is 1.73 bits per heavy atom. The van der Waals surface area contributed by atoms with Gasteiger partial charge in [-0.15, -0.1) is 0 Å². The quantitative estimate of drug-likeness (QED) is 0.528. The van der Waals surface area contributed by atoms with E-state index >= 15 is 0 Å². The van der Waals surface area contributed by atoms with E-state index in [1.165, 1.54) is 42.4 Å². The van der Waals surface area contributed by atoms with Gasteiger partial charge in [0.1, 0.15) is 12.4 Å². The molecule has 2 rings (SSSR count). The molecule has 1 aromatic rings. The van der Waals surface area contributed by atoms with Crippen LogP contribution in [0, 0.1) is 0 Å². The van der Waals surface area contributed by atoms with Crippen molar-refractivity contribution in [1.29, 1.82) is 0 Å². The van der Waals surface area contributed by atoms with Crippen molar-refractivity contribution in [3.63, 3.8) is 0 Å². The Morgan fingerprint density at radius 3 is 2.36 bits per heavy atom. The molecule has 0 bridgehead atoms. The second-order valence-corrected chi connectivity index (χ2v) is 6.73. The van der Waals surface area contributed by atoms with Crippen LogP contribution in [-0.2, 0) is 0 Å². The number of ether oxygens (including phenoxy) is 1. The molecule has 0 N–H and O–H groups in total. The Bertz CT molecular complexity index is 497. The molecule has 0 radical (unpaired) electrons. The van der Waals surface area contributed by atoms with Gasteiger partial charge in [0.2, 0.25) is 0 Å². The Hall–Kier alpha value is -1.50. The van der Waals surface area contributed by atoms with E-state index in [0.717, 1.165) is 24.5 Å². The van der Waals surface area contributed by atoms with Crippen molar-refractivity contribution in [2.45, 2.75) is 65.2 Å². The number of allylic oxidation sites excluding steroid dienone is 3. The fourth-order valence-electron chi connectivity index (χ4n) is 3.07. The summed E-state index contributed by atoms with van der Waals surface area (Å²) in [5.74, 6) is 1.77. The van der Waals surface area contributed by atoms with Gasteiger partial charge in [-0.05, 0) is 76.1 Å². The Kier molecular flexibility index (Phi) is 6.76. The third-order valence-corrected chi connectivity index (χ3v) is 4.48. The average molecular weight is 298 g/mol. The molecule has 1 nitrogen and oxygen atoms in total. The summed E-state index contributed by atoms with van der Waals surface area (Å²) in [6.07, 6.45) is 12.2. The van der Waals surface area contributed by atoms with Gasteiger partial charge in [-0.1, -0.05) is 42.2 Å². The van der Waals surface area contributed by atoms with Crippen molar-refractivity contribution in [2.24, 2.45) is 0 Å². The summed E-state index contributed by atoms with van der Waals surface area (Å²) in [5.41, 5.74) is 4.28. The second kappa shape index (κ2) is 8.82. The van der Waals surface area contributed by atoms with E-state index in [1.54, 1.807) is 0 Å². The van der Waals surface area contributed by atoms with E-state index in [2.05, 4.69) is 57.2 Å². The SMILES string of the molecule is CC(C)=CCC/C(C)=C/COc1ccc(C2CCCC2)cc1. The molecule has 0 aliphatic heterocycles. The summed E-state index contributed by atoms with van der Waals surface area (Å²) in [6.45, 7) is 7.16. The lowest BCUT2D eigenvalue weighted by atomic mass is 9.98. The molecule has 1 fully saturated rings. The van der Waals surface area contributed by atoms with Gasteiger partial charge in [-0.2, -0.15) is 0 Å². The first kappa shape index (κ1) is 16.9. The number of rotatable bonds is 7. The molecule has 0 unspecified atom stereocenters. The lowest BCUT2D eigenvalue weighted by Gasteiger charge is -2.10. The highest BCUT2D eigenvalue weighted by Gasteiger charge is 2.16. The molecule has 1 saturated carbocycles. The molecule has 1 aliphatic carbocycles. The highest BCUT2D eigenvalue weighted by molar-refractivity contribution is 5.30. The smallest absolute Gasteiger partial charge is 0.119 e. The van der Waals surface area contributed by atoms with Crippen LogP contribution in [-0.4, -0.2) is 6.61 Å². The first-order valence-corrected chi connectivity index (χ1v) is 8.67. The van der Waals surface area contributed by atoms with Crippen LogP contribution < -0.4 is 4.74 Å². The minimum Gasteiger partial charge on any atom is -0.490 e.